The fraction of sp³-hybridized carbons (Fsp3) is 0.400. The van der Waals surface area contributed by atoms with Crippen molar-refractivity contribution in [1.82, 2.24) is 24.1 Å². The van der Waals surface area contributed by atoms with Crippen LogP contribution in [0.3, 0.4) is 0 Å². The number of hydrogen-bond donors (Lipinski definition) is 1. The zero-order chi connectivity index (χ0) is 20.9. The molecule has 3 aromatic heterocycles. The van der Waals surface area contributed by atoms with Gasteiger partial charge in [-0.15, -0.1) is 0 Å². The van der Waals surface area contributed by atoms with Gasteiger partial charge in [-0.1, -0.05) is 16.8 Å². The average molecular weight is 430 g/mol. The Labute approximate surface area is 175 Å². The lowest BCUT2D eigenvalue weighted by molar-refractivity contribution is 0.0328. The van der Waals surface area contributed by atoms with Gasteiger partial charge in [0.1, 0.15) is 17.4 Å². The van der Waals surface area contributed by atoms with E-state index >= 15 is 0 Å². The Morgan fingerprint density at radius 2 is 2.10 bits per heavy atom. The smallest absolute Gasteiger partial charge is 0.279 e. The molecule has 3 heterocycles. The number of benzene rings is 1. The van der Waals surface area contributed by atoms with Gasteiger partial charge in [0.2, 0.25) is 5.82 Å². The number of fused-ring (bicyclic) bond motifs is 3. The molecule has 0 unspecified atom stereocenters. The van der Waals surface area contributed by atoms with Crippen LogP contribution in [-0.4, -0.2) is 42.9 Å². The van der Waals surface area contributed by atoms with Crippen molar-refractivity contribution < 1.29 is 14.4 Å². The standard InChI is InChI=1S/C20H20ClN5O4/c1-29-9-8-25-14-10-12(21)4-5-13(14)26-11-22-15(16(26)18(25)27)17-23-19(24-30-17)20(28)6-2-3-7-20/h4-5,10-11,28H,2-3,6-9H2,1H3. The third kappa shape index (κ3) is 2.92. The molecule has 0 aliphatic heterocycles. The molecule has 0 radical (unpaired) electrons. The van der Waals surface area contributed by atoms with Crippen LogP contribution < -0.4 is 5.56 Å². The Morgan fingerprint density at radius 3 is 2.87 bits per heavy atom. The van der Waals surface area contributed by atoms with Crippen molar-refractivity contribution in [3.63, 3.8) is 0 Å². The van der Waals surface area contributed by atoms with Gasteiger partial charge in [-0.05, 0) is 43.9 Å². The van der Waals surface area contributed by atoms with Gasteiger partial charge in [0.05, 0.1) is 17.6 Å². The minimum Gasteiger partial charge on any atom is -0.383 e. The third-order valence-corrected chi connectivity index (χ3v) is 5.93. The van der Waals surface area contributed by atoms with E-state index in [-0.39, 0.29) is 23.0 Å². The van der Waals surface area contributed by atoms with Gasteiger partial charge in [-0.3, -0.25) is 9.20 Å². The van der Waals surface area contributed by atoms with Gasteiger partial charge in [0.15, 0.2) is 5.69 Å². The van der Waals surface area contributed by atoms with Gasteiger partial charge in [-0.2, -0.15) is 4.98 Å². The van der Waals surface area contributed by atoms with Crippen molar-refractivity contribution in [2.75, 3.05) is 13.7 Å². The zero-order valence-electron chi connectivity index (χ0n) is 16.3. The molecule has 0 spiro atoms. The molecule has 1 N–H and O–H groups in total. The lowest BCUT2D eigenvalue weighted by atomic mass is 10.0. The largest absolute Gasteiger partial charge is 0.383 e. The first-order valence-corrected chi connectivity index (χ1v) is 10.1. The highest BCUT2D eigenvalue weighted by Gasteiger charge is 2.38. The summed E-state index contributed by atoms with van der Waals surface area (Å²) in [5.74, 6) is 0.347. The summed E-state index contributed by atoms with van der Waals surface area (Å²) in [5.41, 5.74) is 0.677. The first kappa shape index (κ1) is 19.2. The van der Waals surface area contributed by atoms with Gasteiger partial charge in [0, 0.05) is 18.7 Å². The summed E-state index contributed by atoms with van der Waals surface area (Å²) in [6, 6.07) is 5.33. The Hall–Kier alpha value is -2.75. The minimum absolute atomic E-state index is 0.108. The van der Waals surface area contributed by atoms with E-state index in [2.05, 4.69) is 15.1 Å². The van der Waals surface area contributed by atoms with E-state index in [0.717, 1.165) is 18.4 Å². The van der Waals surface area contributed by atoms with Crippen molar-refractivity contribution in [2.45, 2.75) is 37.8 Å². The van der Waals surface area contributed by atoms with E-state index in [4.69, 9.17) is 20.9 Å². The number of imidazole rings is 1. The second-order valence-electron chi connectivity index (χ2n) is 7.56. The van der Waals surface area contributed by atoms with Gasteiger partial charge >= 0.3 is 0 Å². The first-order valence-electron chi connectivity index (χ1n) is 9.77. The second kappa shape index (κ2) is 7.19. The normalized spacial score (nSPS) is 16.1. The Morgan fingerprint density at radius 1 is 1.30 bits per heavy atom. The van der Waals surface area contributed by atoms with Crippen LogP contribution in [-0.2, 0) is 16.9 Å². The number of aliphatic hydroxyl groups is 1. The highest BCUT2D eigenvalue weighted by molar-refractivity contribution is 6.31. The van der Waals surface area contributed by atoms with Crippen molar-refractivity contribution in [1.29, 1.82) is 0 Å². The molecule has 0 amide bonds. The number of aromatic nitrogens is 5. The Kier molecular flexibility index (Phi) is 4.61. The lowest BCUT2D eigenvalue weighted by Gasteiger charge is -2.16. The lowest BCUT2D eigenvalue weighted by Crippen LogP contribution is -2.25. The van der Waals surface area contributed by atoms with E-state index < -0.39 is 5.60 Å². The van der Waals surface area contributed by atoms with Crippen molar-refractivity contribution in [3.8, 4) is 11.6 Å². The van der Waals surface area contributed by atoms with E-state index in [1.54, 1.807) is 34.5 Å². The Bertz CT molecular complexity index is 1300. The maximum Gasteiger partial charge on any atom is 0.279 e. The van der Waals surface area contributed by atoms with Crippen molar-refractivity contribution >= 4 is 28.2 Å². The van der Waals surface area contributed by atoms with Crippen LogP contribution in [0.2, 0.25) is 5.02 Å². The molecule has 1 saturated carbocycles. The molecule has 30 heavy (non-hydrogen) atoms. The van der Waals surface area contributed by atoms with E-state index in [9.17, 15) is 9.90 Å². The molecule has 156 valence electrons. The summed E-state index contributed by atoms with van der Waals surface area (Å²) >= 11 is 6.18. The second-order valence-corrected chi connectivity index (χ2v) is 7.99. The van der Waals surface area contributed by atoms with E-state index in [1.807, 2.05) is 6.07 Å². The maximum absolute atomic E-state index is 13.4. The first-order chi connectivity index (χ1) is 14.5. The predicted molar refractivity (Wildman–Crippen MR) is 110 cm³/mol. The number of hydrogen-bond acceptors (Lipinski definition) is 7. The van der Waals surface area contributed by atoms with Gasteiger partial charge in [-0.25, -0.2) is 4.98 Å². The van der Waals surface area contributed by atoms with Crippen molar-refractivity contribution in [3.05, 3.63) is 45.7 Å². The highest BCUT2D eigenvalue weighted by Crippen LogP contribution is 2.37. The third-order valence-electron chi connectivity index (χ3n) is 5.70. The molecule has 9 nitrogen and oxygen atoms in total. The fourth-order valence-corrected chi connectivity index (χ4v) is 4.31. The zero-order valence-corrected chi connectivity index (χ0v) is 17.1. The average Bonchev–Trinajstić information content (AvgIpc) is 3.47. The highest BCUT2D eigenvalue weighted by atomic mass is 35.5. The molecule has 0 saturated heterocycles. The summed E-state index contributed by atoms with van der Waals surface area (Å²) in [4.78, 5) is 22.2. The molecule has 1 fully saturated rings. The van der Waals surface area contributed by atoms with E-state index in [0.29, 0.717) is 42.0 Å². The molecule has 1 aliphatic rings. The molecular formula is C20H20ClN5O4. The summed E-state index contributed by atoms with van der Waals surface area (Å²) in [6.07, 6.45) is 4.55. The number of methoxy groups -OCH3 is 1. The molecule has 1 aliphatic carbocycles. The molecule has 5 rings (SSSR count). The molecule has 0 atom stereocenters. The monoisotopic (exact) mass is 429 g/mol. The molecule has 0 bridgehead atoms. The maximum atomic E-state index is 13.4. The number of nitrogens with zero attached hydrogens (tertiary/aromatic N) is 5. The molecular weight excluding hydrogens is 410 g/mol. The summed E-state index contributed by atoms with van der Waals surface area (Å²) in [5, 5.41) is 15.3. The van der Waals surface area contributed by atoms with Crippen LogP contribution in [0.5, 0.6) is 0 Å². The molecule has 1 aromatic carbocycles. The van der Waals surface area contributed by atoms with Gasteiger partial charge in [0.25, 0.3) is 11.4 Å². The topological polar surface area (TPSA) is 108 Å². The van der Waals surface area contributed by atoms with Crippen LogP contribution in [0.1, 0.15) is 31.5 Å². The van der Waals surface area contributed by atoms with Crippen LogP contribution >= 0.6 is 11.6 Å². The summed E-state index contributed by atoms with van der Waals surface area (Å²) in [7, 11) is 1.58. The van der Waals surface area contributed by atoms with Crippen LogP contribution in [0.4, 0.5) is 0 Å². The quantitative estimate of drug-likeness (QED) is 0.519. The van der Waals surface area contributed by atoms with Gasteiger partial charge < -0.3 is 18.9 Å². The van der Waals surface area contributed by atoms with Crippen LogP contribution in [0, 0.1) is 0 Å². The number of halogens is 1. The summed E-state index contributed by atoms with van der Waals surface area (Å²) < 4.78 is 13.9. The van der Waals surface area contributed by atoms with E-state index in [1.165, 1.54) is 0 Å². The minimum atomic E-state index is -1.08. The molecule has 4 aromatic rings. The number of rotatable bonds is 5. The van der Waals surface area contributed by atoms with Crippen LogP contribution in [0.25, 0.3) is 28.1 Å². The number of ether oxygens (including phenoxy) is 1. The van der Waals surface area contributed by atoms with Crippen LogP contribution in [0.15, 0.2) is 33.8 Å². The predicted octanol–water partition coefficient (Wildman–Crippen LogP) is 2.76. The van der Waals surface area contributed by atoms with Crippen molar-refractivity contribution in [2.24, 2.45) is 0 Å². The summed E-state index contributed by atoms with van der Waals surface area (Å²) in [6.45, 7) is 0.709. The molecule has 10 heteroatoms. The SMILES string of the molecule is COCCn1c(=O)c2c(-c3nc(C4(O)CCCC4)no3)ncn2c2ccc(Cl)cc21. The fourth-order valence-electron chi connectivity index (χ4n) is 4.14. The Balaban J connectivity index is 1.72.